The molecule has 100 valence electrons. The molecule has 2 fully saturated rings. The summed E-state index contributed by atoms with van der Waals surface area (Å²) in [6.07, 6.45) is 1.79. The van der Waals surface area contributed by atoms with E-state index in [0.29, 0.717) is 13.1 Å². The number of benzene rings is 1. The molecule has 0 unspecified atom stereocenters. The Morgan fingerprint density at radius 2 is 1.95 bits per heavy atom. The fourth-order valence-electron chi connectivity index (χ4n) is 2.63. The molecule has 0 radical (unpaired) electrons. The van der Waals surface area contributed by atoms with Gasteiger partial charge < -0.3 is 10.2 Å². The third kappa shape index (κ3) is 2.11. The van der Waals surface area contributed by atoms with E-state index in [9.17, 15) is 9.59 Å². The Morgan fingerprint density at radius 1 is 1.26 bits per heavy atom. The molecule has 4 nitrogen and oxygen atoms in total. The number of amides is 2. The van der Waals surface area contributed by atoms with Gasteiger partial charge in [0, 0.05) is 13.1 Å². The second kappa shape index (κ2) is 4.37. The predicted octanol–water partition coefficient (Wildman–Crippen LogP) is 1.31. The lowest BCUT2D eigenvalue weighted by atomic mass is 10.1. The summed E-state index contributed by atoms with van der Waals surface area (Å²) in [6.45, 7) is 2.81. The van der Waals surface area contributed by atoms with Gasteiger partial charge in [-0.1, -0.05) is 30.3 Å². The highest BCUT2D eigenvalue weighted by molar-refractivity contribution is 5.94. The molecule has 1 aromatic carbocycles. The van der Waals surface area contributed by atoms with Crippen molar-refractivity contribution >= 4 is 11.8 Å². The maximum Gasteiger partial charge on any atom is 0.242 e. The Hall–Kier alpha value is -1.84. The molecule has 3 rings (SSSR count). The van der Waals surface area contributed by atoms with E-state index in [-0.39, 0.29) is 17.2 Å². The third-order valence-electron chi connectivity index (χ3n) is 4.21. The first kappa shape index (κ1) is 12.2. The average Bonchev–Trinajstić information content (AvgIpc) is 3.23. The van der Waals surface area contributed by atoms with Crippen LogP contribution in [-0.2, 0) is 16.1 Å². The van der Waals surface area contributed by atoms with Crippen LogP contribution in [0.2, 0.25) is 0 Å². The summed E-state index contributed by atoms with van der Waals surface area (Å²) < 4.78 is 0. The van der Waals surface area contributed by atoms with E-state index in [1.807, 2.05) is 30.3 Å². The van der Waals surface area contributed by atoms with Gasteiger partial charge in [0.25, 0.3) is 0 Å². The van der Waals surface area contributed by atoms with Crippen LogP contribution in [0.1, 0.15) is 25.3 Å². The topological polar surface area (TPSA) is 49.4 Å². The quantitative estimate of drug-likeness (QED) is 0.869. The number of carbonyl (C=O) groups is 2. The van der Waals surface area contributed by atoms with Gasteiger partial charge in [-0.05, 0) is 25.3 Å². The van der Waals surface area contributed by atoms with Crippen molar-refractivity contribution in [2.45, 2.75) is 32.4 Å². The lowest BCUT2D eigenvalue weighted by Crippen LogP contribution is -2.44. The molecular weight excluding hydrogens is 240 g/mol. The van der Waals surface area contributed by atoms with Crippen LogP contribution in [0.5, 0.6) is 0 Å². The molecule has 1 saturated carbocycles. The molecular formula is C15H18N2O2. The van der Waals surface area contributed by atoms with Crippen LogP contribution in [0.3, 0.4) is 0 Å². The molecule has 19 heavy (non-hydrogen) atoms. The Labute approximate surface area is 112 Å². The van der Waals surface area contributed by atoms with Crippen LogP contribution in [0.15, 0.2) is 30.3 Å². The van der Waals surface area contributed by atoms with Gasteiger partial charge in [-0.2, -0.15) is 0 Å². The molecule has 2 aliphatic rings. The molecule has 0 bridgehead atoms. The van der Waals surface area contributed by atoms with Crippen LogP contribution in [0, 0.1) is 5.41 Å². The minimum Gasteiger partial charge on any atom is -0.353 e. The molecule has 1 spiro atoms. The lowest BCUT2D eigenvalue weighted by Gasteiger charge is -2.28. The van der Waals surface area contributed by atoms with E-state index in [2.05, 4.69) is 5.32 Å². The summed E-state index contributed by atoms with van der Waals surface area (Å²) in [4.78, 5) is 26.3. The smallest absolute Gasteiger partial charge is 0.242 e. The molecule has 4 heteroatoms. The van der Waals surface area contributed by atoms with E-state index in [1.165, 1.54) is 0 Å². The van der Waals surface area contributed by atoms with Gasteiger partial charge in [0.05, 0.1) is 5.41 Å². The molecule has 1 saturated heterocycles. The van der Waals surface area contributed by atoms with Crippen molar-refractivity contribution in [1.82, 2.24) is 10.2 Å². The SMILES string of the molecule is C[C@H]1C(=O)NCC2(CC2)C(=O)N1Cc1ccccc1. The van der Waals surface area contributed by atoms with Crippen LogP contribution in [0.25, 0.3) is 0 Å². The van der Waals surface area contributed by atoms with Gasteiger partial charge in [-0.25, -0.2) is 0 Å². The van der Waals surface area contributed by atoms with Crippen molar-refractivity contribution in [1.29, 1.82) is 0 Å². The second-order valence-corrected chi connectivity index (χ2v) is 5.59. The molecule has 1 aromatic rings. The fourth-order valence-corrected chi connectivity index (χ4v) is 2.63. The maximum atomic E-state index is 12.6. The molecule has 0 aromatic heterocycles. The summed E-state index contributed by atoms with van der Waals surface area (Å²) in [5.41, 5.74) is 0.753. The van der Waals surface area contributed by atoms with Gasteiger partial charge in [-0.3, -0.25) is 9.59 Å². The number of nitrogens with one attached hydrogen (secondary N) is 1. The maximum absolute atomic E-state index is 12.6. The molecule has 1 aliphatic heterocycles. The van der Waals surface area contributed by atoms with Crippen LogP contribution >= 0.6 is 0 Å². The molecule has 1 N–H and O–H groups in total. The van der Waals surface area contributed by atoms with Crippen molar-refractivity contribution < 1.29 is 9.59 Å². The standard InChI is InChI=1S/C15H18N2O2/c1-11-13(18)16-10-15(7-8-15)14(19)17(11)9-12-5-3-2-4-6-12/h2-6,11H,7-10H2,1H3,(H,16,18)/t11-/m0/s1. The summed E-state index contributed by atoms with van der Waals surface area (Å²) in [7, 11) is 0. The lowest BCUT2D eigenvalue weighted by molar-refractivity contribution is -0.141. The largest absolute Gasteiger partial charge is 0.353 e. The van der Waals surface area contributed by atoms with Crippen molar-refractivity contribution in [3.63, 3.8) is 0 Å². The molecule has 2 amide bonds. The second-order valence-electron chi connectivity index (χ2n) is 5.59. The highest BCUT2D eigenvalue weighted by Crippen LogP contribution is 2.48. The highest BCUT2D eigenvalue weighted by atomic mass is 16.2. The molecule has 1 aliphatic carbocycles. The van der Waals surface area contributed by atoms with Crippen LogP contribution in [-0.4, -0.2) is 29.3 Å². The average molecular weight is 258 g/mol. The van der Waals surface area contributed by atoms with Gasteiger partial charge in [0.1, 0.15) is 6.04 Å². The summed E-state index contributed by atoms with van der Waals surface area (Å²) in [5, 5.41) is 2.89. The van der Waals surface area contributed by atoms with Gasteiger partial charge in [0.15, 0.2) is 0 Å². The summed E-state index contributed by atoms with van der Waals surface area (Å²) in [6, 6.07) is 9.44. The van der Waals surface area contributed by atoms with E-state index < -0.39 is 6.04 Å². The van der Waals surface area contributed by atoms with Gasteiger partial charge >= 0.3 is 0 Å². The fraction of sp³-hybridized carbons (Fsp3) is 0.467. The Morgan fingerprint density at radius 3 is 2.58 bits per heavy atom. The monoisotopic (exact) mass is 258 g/mol. The van der Waals surface area contributed by atoms with E-state index >= 15 is 0 Å². The normalized spacial score (nSPS) is 25.1. The summed E-state index contributed by atoms with van der Waals surface area (Å²) >= 11 is 0. The van der Waals surface area contributed by atoms with Crippen molar-refractivity contribution in [3.05, 3.63) is 35.9 Å². The minimum absolute atomic E-state index is 0.0481. The first-order valence-electron chi connectivity index (χ1n) is 6.75. The number of nitrogens with zero attached hydrogens (tertiary/aromatic N) is 1. The third-order valence-corrected chi connectivity index (χ3v) is 4.21. The number of rotatable bonds is 2. The van der Waals surface area contributed by atoms with Crippen LogP contribution in [0.4, 0.5) is 0 Å². The minimum atomic E-state index is -0.396. The predicted molar refractivity (Wildman–Crippen MR) is 71.1 cm³/mol. The van der Waals surface area contributed by atoms with Crippen molar-refractivity contribution in [3.8, 4) is 0 Å². The highest BCUT2D eigenvalue weighted by Gasteiger charge is 2.54. The van der Waals surface area contributed by atoms with Crippen molar-refractivity contribution in [2.24, 2.45) is 5.41 Å². The molecule has 1 atom stereocenters. The van der Waals surface area contributed by atoms with Crippen LogP contribution < -0.4 is 5.32 Å². The van der Waals surface area contributed by atoms with E-state index in [1.54, 1.807) is 11.8 Å². The zero-order valence-electron chi connectivity index (χ0n) is 11.1. The zero-order chi connectivity index (χ0) is 13.5. The zero-order valence-corrected chi connectivity index (χ0v) is 11.1. The van der Waals surface area contributed by atoms with E-state index in [4.69, 9.17) is 0 Å². The Kier molecular flexibility index (Phi) is 2.81. The number of hydrogen-bond acceptors (Lipinski definition) is 2. The number of carbonyl (C=O) groups excluding carboxylic acids is 2. The van der Waals surface area contributed by atoms with Crippen molar-refractivity contribution in [2.75, 3.05) is 6.54 Å². The van der Waals surface area contributed by atoms with Gasteiger partial charge in [-0.15, -0.1) is 0 Å². The van der Waals surface area contributed by atoms with Gasteiger partial charge in [0.2, 0.25) is 11.8 Å². The summed E-state index contributed by atoms with van der Waals surface area (Å²) in [5.74, 6) is 0.0789. The Bertz CT molecular complexity index is 508. The first-order chi connectivity index (χ1) is 9.12. The first-order valence-corrected chi connectivity index (χ1v) is 6.75. The van der Waals surface area contributed by atoms with E-state index in [0.717, 1.165) is 18.4 Å². The Balaban J connectivity index is 1.87. The molecule has 1 heterocycles. The number of hydrogen-bond donors (Lipinski definition) is 1.